The average Bonchev–Trinajstić information content (AvgIpc) is 1.75. The maximum Gasteiger partial charge on any atom is 0.407 e. The van der Waals surface area contributed by atoms with Gasteiger partial charge in [-0.1, -0.05) is 230 Å². The number of rotatable bonds is 24. The maximum atomic E-state index is 11.8. The molecule has 10 rings (SSSR count). The number of nitrogens with one attached hydrogen (secondary N) is 2. The molecule has 1 heterocycles. The first-order chi connectivity index (χ1) is 46.6. The number of nitrogens with zero attached hydrogens (tertiary/aromatic N) is 2. The summed E-state index contributed by atoms with van der Waals surface area (Å²) in [5.74, 6) is 12.6. The Morgan fingerprint density at radius 2 is 0.907 bits per heavy atom. The number of hydrogen-bond donors (Lipinski definition) is 2. The Morgan fingerprint density at radius 3 is 1.26 bits per heavy atom. The van der Waals surface area contributed by atoms with Crippen LogP contribution in [-0.4, -0.2) is 168 Å². The predicted octanol–water partition coefficient (Wildman–Crippen LogP) is 17.6. The van der Waals surface area contributed by atoms with Gasteiger partial charge in [-0.25, -0.2) is 29.0 Å². The monoisotopic (exact) mass is 1320 g/mol. The number of alkyl carbamates (subject to hydrolysis) is 2. The van der Waals surface area contributed by atoms with Gasteiger partial charge in [0.1, 0.15) is 0 Å². The molecule has 524 valence electrons. The van der Waals surface area contributed by atoms with E-state index in [1.807, 2.05) is 6.92 Å². The summed E-state index contributed by atoms with van der Waals surface area (Å²) in [5.41, 5.74) is 0.603. The Kier molecular flexibility index (Phi) is 50.8. The van der Waals surface area contributed by atoms with Gasteiger partial charge in [-0.2, -0.15) is 0 Å². The highest BCUT2D eigenvalue weighted by Gasteiger charge is 2.49. The van der Waals surface area contributed by atoms with Crippen molar-refractivity contribution in [3.63, 3.8) is 0 Å². The van der Waals surface area contributed by atoms with Gasteiger partial charge in [0.05, 0.1) is 107 Å². The molecule has 97 heavy (non-hydrogen) atoms. The van der Waals surface area contributed by atoms with E-state index >= 15 is 0 Å². The van der Waals surface area contributed by atoms with Crippen LogP contribution in [0.25, 0.3) is 0 Å². The lowest BCUT2D eigenvalue weighted by atomic mass is 9.50. The van der Waals surface area contributed by atoms with Crippen LogP contribution in [0.1, 0.15) is 260 Å². The molecule has 10 nitrogen and oxygen atoms in total. The number of fused-ring (bicyclic) bond motifs is 7. The van der Waals surface area contributed by atoms with Crippen molar-refractivity contribution >= 4 is 118 Å². The van der Waals surface area contributed by atoms with E-state index in [-0.39, 0.29) is 17.5 Å². The highest BCUT2D eigenvalue weighted by atomic mass is 16.6. The summed E-state index contributed by atoms with van der Waals surface area (Å²) in [6, 6.07) is -0.264. The second kappa shape index (κ2) is 54.0. The highest BCUT2D eigenvalue weighted by Crippen LogP contribution is 2.59. The third-order valence-electron chi connectivity index (χ3n) is 22.9. The first-order valence-electron chi connectivity index (χ1n) is 39.6. The summed E-state index contributed by atoms with van der Waals surface area (Å²) >= 11 is 0. The van der Waals surface area contributed by atoms with Crippen LogP contribution in [0.15, 0.2) is 0 Å². The van der Waals surface area contributed by atoms with Gasteiger partial charge in [0.2, 0.25) is 0 Å². The lowest BCUT2D eigenvalue weighted by Crippen LogP contribution is -2.64. The number of ether oxygens (including phenoxy) is 2. The lowest BCUT2D eigenvalue weighted by molar-refractivity contribution is 0.103. The van der Waals surface area contributed by atoms with Crippen LogP contribution in [0.3, 0.4) is 0 Å². The fraction of sp³-hybridized carbons (Fsp3) is 0.947. The third-order valence-corrected chi connectivity index (χ3v) is 22.9. The molecule has 1 aliphatic heterocycles. The molecule has 2 N–H and O–H groups in total. The molecule has 9 saturated carbocycles. The van der Waals surface area contributed by atoms with Crippen molar-refractivity contribution in [2.45, 2.75) is 334 Å². The standard InChI is InChI=1S/C14H24B2N2O2.C13H22B2.C10H18B2.C10H16.C8H14B2.C8H13B.2C5H10BNO2.C2H5B/c15-9-5-1-3-7-11-17-13(19)18(14(17)20)12-8-4-2-6-10-16;14-12-5-1-10(2-6-12)9-11-3-7-13(15)8-4-11;1-9(2)5-4-8(12)10(3,6-9)7-11;1-2-9-7-4-5-8(6-7)10(9)3-1;9-5-7-2-1-3-8(4-7)6-10;9-5-8-4-6-1-2-7(8)3-6;2*1-2-9-5(8)7-4-3-6;1-2-3/h1-12H2;10-13H,1-9H2;8H,4-7H2,1-3H3;7-10H,1-6H2;7-8H,1-6H2;6-8H,1-5H2;2*2-4H2,1H3,(H,7,8);2H2,1H3. The van der Waals surface area contributed by atoms with Gasteiger partial charge < -0.3 is 20.1 Å². The first-order valence-corrected chi connectivity index (χ1v) is 39.6. The summed E-state index contributed by atoms with van der Waals surface area (Å²) in [6.45, 7) is 15.1. The quantitative estimate of drug-likeness (QED) is 0.0734. The molecule has 24 radical (unpaired) electrons. The summed E-state index contributed by atoms with van der Waals surface area (Å²) in [7, 11) is 66.4. The fourth-order valence-electron chi connectivity index (χ4n) is 17.3. The summed E-state index contributed by atoms with van der Waals surface area (Å²) in [6.07, 6.45) is 49.9. The maximum absolute atomic E-state index is 11.8. The number of carbonyl (C=O) groups excluding carboxylic acids is 4. The molecule has 6 amide bonds. The van der Waals surface area contributed by atoms with Crippen LogP contribution >= 0.6 is 0 Å². The third kappa shape index (κ3) is 37.0. The zero-order valence-electron chi connectivity index (χ0n) is 63.0. The summed E-state index contributed by atoms with van der Waals surface area (Å²) < 4.78 is 9.08. The van der Waals surface area contributed by atoms with E-state index in [4.69, 9.17) is 94.2 Å². The van der Waals surface area contributed by atoms with Crippen molar-refractivity contribution < 1.29 is 28.7 Å². The van der Waals surface area contributed by atoms with Crippen LogP contribution < -0.4 is 10.6 Å². The largest absolute Gasteiger partial charge is 0.450 e. The van der Waals surface area contributed by atoms with Gasteiger partial charge in [0.15, 0.2) is 0 Å². The van der Waals surface area contributed by atoms with Crippen LogP contribution in [0.2, 0.25) is 74.3 Å². The van der Waals surface area contributed by atoms with E-state index < -0.39 is 12.2 Å². The van der Waals surface area contributed by atoms with Crippen molar-refractivity contribution in [3.05, 3.63) is 0 Å². The molecule has 0 spiro atoms. The number of amides is 6. The molecular formula is C75H132B12N4O6. The minimum atomic E-state index is -0.400. The van der Waals surface area contributed by atoms with E-state index in [1.165, 1.54) is 149 Å². The predicted molar refractivity (Wildman–Crippen MR) is 421 cm³/mol. The second-order valence-electron chi connectivity index (χ2n) is 31.3. The Bertz CT molecular complexity index is 1910. The Labute approximate surface area is 613 Å². The van der Waals surface area contributed by atoms with E-state index in [9.17, 15) is 19.2 Å². The van der Waals surface area contributed by atoms with Crippen molar-refractivity contribution in [2.24, 2.45) is 75.9 Å². The molecule has 10 aliphatic rings. The molecule has 9 aliphatic carbocycles. The van der Waals surface area contributed by atoms with Gasteiger partial charge in [-0.3, -0.25) is 0 Å². The molecule has 1 saturated heterocycles. The van der Waals surface area contributed by atoms with Gasteiger partial charge in [0, 0.05) is 26.2 Å². The van der Waals surface area contributed by atoms with Crippen LogP contribution in [-0.2, 0) is 9.47 Å². The van der Waals surface area contributed by atoms with Gasteiger partial charge in [-0.05, 0) is 180 Å². The van der Waals surface area contributed by atoms with Crippen LogP contribution in [0.4, 0.5) is 19.2 Å². The summed E-state index contributed by atoms with van der Waals surface area (Å²) in [5, 5.41) is 4.89. The van der Waals surface area contributed by atoms with Gasteiger partial charge in [0.25, 0.3) is 0 Å². The molecule has 11 unspecified atom stereocenters. The van der Waals surface area contributed by atoms with E-state index in [0.717, 1.165) is 137 Å². The van der Waals surface area contributed by atoms with Gasteiger partial charge in [-0.15, -0.1) is 0 Å². The normalized spacial score (nSPS) is 30.4. The topological polar surface area (TPSA) is 117 Å². The number of unbranched alkanes of at least 4 members (excludes halogenated alkanes) is 6. The van der Waals surface area contributed by atoms with E-state index in [0.29, 0.717) is 87.5 Å². The Balaban J connectivity index is 0.000000381. The number of carbonyl (C=O) groups is 4. The van der Waals surface area contributed by atoms with Crippen molar-refractivity contribution in [2.75, 3.05) is 39.4 Å². The van der Waals surface area contributed by atoms with Crippen molar-refractivity contribution in [3.8, 4) is 0 Å². The smallest absolute Gasteiger partial charge is 0.407 e. The SMILES string of the molecule is C1CC2C3CCC(C3)C2C1.[B]C1CCC(CC2CCC([B])CC2)CC1.[B]CC.[B]CC1(C)CC(C)(C)CCC1[B].[B]CC1CC2CCC1C2.[B]CC1CCCC(C[B])C1.[B]CCCCCCN1C(=O)N(CCCCCC[B])C1=O.[B]CCNC(=O)OCC.[B]CCNC(=O)OCC. The number of imide groups is 2. The molecule has 10 fully saturated rings. The minimum Gasteiger partial charge on any atom is -0.450 e. The molecule has 0 aromatic rings. The molecular weight excluding hydrogens is 1180 g/mol. The zero-order valence-corrected chi connectivity index (χ0v) is 63.0. The number of hydrogen-bond acceptors (Lipinski definition) is 6. The highest BCUT2D eigenvalue weighted by molar-refractivity contribution is 6.15. The Morgan fingerprint density at radius 1 is 0.474 bits per heavy atom. The lowest BCUT2D eigenvalue weighted by Gasteiger charge is -2.47. The Hall–Kier alpha value is -1.74. The molecule has 11 atom stereocenters. The van der Waals surface area contributed by atoms with Gasteiger partial charge >= 0.3 is 24.2 Å². The second-order valence-corrected chi connectivity index (χ2v) is 31.3. The van der Waals surface area contributed by atoms with Crippen molar-refractivity contribution in [1.82, 2.24) is 20.4 Å². The minimum absolute atomic E-state index is 0.132. The van der Waals surface area contributed by atoms with E-state index in [2.05, 4.69) is 40.9 Å². The van der Waals surface area contributed by atoms with Crippen LogP contribution in [0, 0.1) is 75.9 Å². The van der Waals surface area contributed by atoms with Crippen molar-refractivity contribution in [1.29, 1.82) is 0 Å². The van der Waals surface area contributed by atoms with E-state index in [1.54, 1.807) is 52.4 Å². The molecule has 4 bridgehead atoms. The number of urea groups is 2. The molecule has 0 aromatic heterocycles. The summed E-state index contributed by atoms with van der Waals surface area (Å²) in [4.78, 5) is 47.1. The molecule has 22 heteroatoms. The fourth-order valence-corrected chi connectivity index (χ4v) is 17.3. The van der Waals surface area contributed by atoms with Crippen LogP contribution in [0.5, 0.6) is 0 Å². The molecule has 0 aromatic carbocycles. The average molecular weight is 1320 g/mol. The zero-order chi connectivity index (χ0) is 72.0. The first kappa shape index (κ1) is 91.3.